The van der Waals surface area contributed by atoms with E-state index in [4.69, 9.17) is 0 Å². The molecule has 1 aromatic carbocycles. The Hall–Kier alpha value is -1.00. The highest BCUT2D eigenvalue weighted by molar-refractivity contribution is 7.99. The van der Waals surface area contributed by atoms with Crippen molar-refractivity contribution >= 4 is 22.8 Å². The molecular weight excluding hydrogens is 254 g/mol. The highest BCUT2D eigenvalue weighted by Crippen LogP contribution is 2.35. The Morgan fingerprint density at radius 3 is 2.95 bits per heavy atom. The molecule has 0 aliphatic heterocycles. The van der Waals surface area contributed by atoms with Gasteiger partial charge in [0.25, 0.3) is 0 Å². The van der Waals surface area contributed by atoms with Gasteiger partial charge in [0, 0.05) is 11.3 Å². The molecule has 1 fully saturated rings. The van der Waals surface area contributed by atoms with Gasteiger partial charge < -0.3 is 10.3 Å². The summed E-state index contributed by atoms with van der Waals surface area (Å²) in [6, 6.07) is 8.85. The van der Waals surface area contributed by atoms with Crippen LogP contribution in [0.1, 0.15) is 26.2 Å². The number of fused-ring (bicyclic) bond motifs is 1. The van der Waals surface area contributed by atoms with Crippen LogP contribution in [0.15, 0.2) is 29.4 Å². The van der Waals surface area contributed by atoms with Gasteiger partial charge in [-0.2, -0.15) is 0 Å². The van der Waals surface area contributed by atoms with Gasteiger partial charge in [0.2, 0.25) is 0 Å². The molecule has 3 nitrogen and oxygen atoms in total. The van der Waals surface area contributed by atoms with Crippen LogP contribution in [0.25, 0.3) is 11.0 Å². The zero-order chi connectivity index (χ0) is 13.2. The second-order valence-electron chi connectivity index (χ2n) is 5.53. The fourth-order valence-electron chi connectivity index (χ4n) is 2.92. The summed E-state index contributed by atoms with van der Waals surface area (Å²) in [7, 11) is 2.08. The van der Waals surface area contributed by atoms with Crippen LogP contribution in [0.4, 0.5) is 0 Å². The zero-order valence-corrected chi connectivity index (χ0v) is 12.3. The van der Waals surface area contributed by atoms with Crippen LogP contribution in [0.2, 0.25) is 0 Å². The molecule has 4 heteroatoms. The number of aromatic nitrogens is 2. The number of nitrogens with zero attached hydrogens (tertiary/aromatic N) is 1. The number of H-pyrrole nitrogens is 1. The summed E-state index contributed by atoms with van der Waals surface area (Å²) in [6.07, 6.45) is 3.88. The van der Waals surface area contributed by atoms with Crippen molar-refractivity contribution in [1.82, 2.24) is 15.3 Å². The SMILES string of the molecule is CNC1CCC(C)CC1Sc1nc2ccccc2[nH]1. The summed E-state index contributed by atoms with van der Waals surface area (Å²) < 4.78 is 0. The quantitative estimate of drug-likeness (QED) is 0.901. The normalized spacial score (nSPS) is 27.8. The van der Waals surface area contributed by atoms with E-state index in [1.165, 1.54) is 19.3 Å². The Labute approximate surface area is 118 Å². The third-order valence-corrected chi connectivity index (χ3v) is 5.30. The van der Waals surface area contributed by atoms with E-state index < -0.39 is 0 Å². The fraction of sp³-hybridized carbons (Fsp3) is 0.533. The van der Waals surface area contributed by atoms with Gasteiger partial charge in [0.15, 0.2) is 5.16 Å². The van der Waals surface area contributed by atoms with Crippen molar-refractivity contribution in [3.63, 3.8) is 0 Å². The average molecular weight is 275 g/mol. The van der Waals surface area contributed by atoms with E-state index >= 15 is 0 Å². The number of thioether (sulfide) groups is 1. The van der Waals surface area contributed by atoms with Gasteiger partial charge in [0.05, 0.1) is 11.0 Å². The first-order valence-corrected chi connectivity index (χ1v) is 7.93. The van der Waals surface area contributed by atoms with Gasteiger partial charge >= 0.3 is 0 Å². The van der Waals surface area contributed by atoms with Crippen molar-refractivity contribution in [2.45, 2.75) is 42.6 Å². The third-order valence-electron chi connectivity index (χ3n) is 4.06. The molecule has 0 saturated heterocycles. The summed E-state index contributed by atoms with van der Waals surface area (Å²) in [4.78, 5) is 8.11. The van der Waals surface area contributed by atoms with Crippen molar-refractivity contribution < 1.29 is 0 Å². The molecule has 0 bridgehead atoms. The smallest absolute Gasteiger partial charge is 0.166 e. The number of hydrogen-bond acceptors (Lipinski definition) is 3. The fourth-order valence-corrected chi connectivity index (χ4v) is 4.39. The highest BCUT2D eigenvalue weighted by Gasteiger charge is 2.29. The van der Waals surface area contributed by atoms with Crippen LogP contribution in [0.5, 0.6) is 0 Å². The lowest BCUT2D eigenvalue weighted by Crippen LogP contribution is -2.40. The van der Waals surface area contributed by atoms with E-state index in [1.54, 1.807) is 0 Å². The summed E-state index contributed by atoms with van der Waals surface area (Å²) >= 11 is 1.90. The predicted molar refractivity (Wildman–Crippen MR) is 81.6 cm³/mol. The molecule has 1 aromatic heterocycles. The number of benzene rings is 1. The first-order chi connectivity index (χ1) is 9.26. The Morgan fingerprint density at radius 2 is 2.16 bits per heavy atom. The molecule has 2 N–H and O–H groups in total. The third kappa shape index (κ3) is 2.79. The first kappa shape index (κ1) is 13.0. The maximum atomic E-state index is 4.68. The van der Waals surface area contributed by atoms with Gasteiger partial charge in [-0.1, -0.05) is 30.8 Å². The molecule has 1 aliphatic carbocycles. The summed E-state index contributed by atoms with van der Waals surface area (Å²) in [6.45, 7) is 2.36. The molecule has 0 amide bonds. The number of para-hydroxylation sites is 2. The molecule has 3 unspecified atom stereocenters. The molecule has 19 heavy (non-hydrogen) atoms. The maximum Gasteiger partial charge on any atom is 0.166 e. The molecule has 3 atom stereocenters. The lowest BCUT2D eigenvalue weighted by molar-refractivity contribution is 0.329. The lowest BCUT2D eigenvalue weighted by atomic mass is 9.87. The number of rotatable bonds is 3. The molecule has 1 heterocycles. The Bertz CT molecular complexity index is 518. The van der Waals surface area contributed by atoms with Gasteiger partial charge in [-0.05, 0) is 44.4 Å². The maximum absolute atomic E-state index is 4.68. The average Bonchev–Trinajstić information content (AvgIpc) is 2.81. The first-order valence-electron chi connectivity index (χ1n) is 7.05. The molecule has 102 valence electrons. The van der Waals surface area contributed by atoms with E-state index in [2.05, 4.69) is 41.4 Å². The molecule has 0 radical (unpaired) electrons. The van der Waals surface area contributed by atoms with Crippen molar-refractivity contribution in [2.24, 2.45) is 5.92 Å². The zero-order valence-electron chi connectivity index (χ0n) is 11.5. The van der Waals surface area contributed by atoms with Crippen LogP contribution in [0, 0.1) is 5.92 Å². The molecule has 2 aromatic rings. The van der Waals surface area contributed by atoms with Crippen LogP contribution < -0.4 is 5.32 Å². The molecule has 1 saturated carbocycles. The molecule has 3 rings (SSSR count). The van der Waals surface area contributed by atoms with Crippen molar-refractivity contribution in [3.8, 4) is 0 Å². The number of imidazole rings is 1. The highest BCUT2D eigenvalue weighted by atomic mass is 32.2. The minimum Gasteiger partial charge on any atom is -0.333 e. The number of aromatic amines is 1. The molecule has 1 aliphatic rings. The Kier molecular flexibility index (Phi) is 3.80. The minimum absolute atomic E-state index is 0.606. The van der Waals surface area contributed by atoms with Gasteiger partial charge in [-0.3, -0.25) is 0 Å². The second-order valence-corrected chi connectivity index (χ2v) is 6.76. The van der Waals surface area contributed by atoms with E-state index in [1.807, 2.05) is 23.9 Å². The molecular formula is C15H21N3S. The van der Waals surface area contributed by atoms with E-state index in [0.29, 0.717) is 11.3 Å². The van der Waals surface area contributed by atoms with E-state index in [0.717, 1.165) is 22.1 Å². The van der Waals surface area contributed by atoms with Crippen molar-refractivity contribution in [3.05, 3.63) is 24.3 Å². The summed E-state index contributed by atoms with van der Waals surface area (Å²) in [5, 5.41) is 5.14. The predicted octanol–water partition coefficient (Wildman–Crippen LogP) is 3.43. The van der Waals surface area contributed by atoms with Crippen LogP contribution in [-0.2, 0) is 0 Å². The van der Waals surface area contributed by atoms with Gasteiger partial charge in [0.1, 0.15) is 0 Å². The molecule has 0 spiro atoms. The van der Waals surface area contributed by atoms with Crippen molar-refractivity contribution in [1.29, 1.82) is 0 Å². The standard InChI is InChI=1S/C15H21N3S/c1-10-7-8-13(16-2)14(9-10)19-15-17-11-5-3-4-6-12(11)18-15/h3-6,10,13-14,16H,7-9H2,1-2H3,(H,17,18). The monoisotopic (exact) mass is 275 g/mol. The summed E-state index contributed by atoms with van der Waals surface area (Å²) in [5.74, 6) is 0.825. The van der Waals surface area contributed by atoms with E-state index in [-0.39, 0.29) is 0 Å². The number of hydrogen-bond donors (Lipinski definition) is 2. The van der Waals surface area contributed by atoms with Gasteiger partial charge in [-0.25, -0.2) is 4.98 Å². The Morgan fingerprint density at radius 1 is 1.32 bits per heavy atom. The Balaban J connectivity index is 1.78. The van der Waals surface area contributed by atoms with Gasteiger partial charge in [-0.15, -0.1) is 0 Å². The summed E-state index contributed by atoms with van der Waals surface area (Å²) in [5.41, 5.74) is 2.20. The number of nitrogens with one attached hydrogen (secondary N) is 2. The second kappa shape index (κ2) is 5.55. The van der Waals surface area contributed by atoms with E-state index in [9.17, 15) is 0 Å². The van der Waals surface area contributed by atoms with Crippen LogP contribution >= 0.6 is 11.8 Å². The topological polar surface area (TPSA) is 40.7 Å². The van der Waals surface area contributed by atoms with Crippen LogP contribution in [-0.4, -0.2) is 28.3 Å². The minimum atomic E-state index is 0.606. The van der Waals surface area contributed by atoms with Crippen LogP contribution in [0.3, 0.4) is 0 Å². The van der Waals surface area contributed by atoms with Crippen molar-refractivity contribution in [2.75, 3.05) is 7.05 Å². The largest absolute Gasteiger partial charge is 0.333 e. The lowest BCUT2D eigenvalue weighted by Gasteiger charge is -2.33.